The molecule has 0 unspecified atom stereocenters. The second kappa shape index (κ2) is 7.67. The third kappa shape index (κ3) is 4.95. The molecule has 0 saturated carbocycles. The van der Waals surface area contributed by atoms with Crippen molar-refractivity contribution in [1.29, 1.82) is 0 Å². The molecule has 0 radical (unpaired) electrons. The summed E-state index contributed by atoms with van der Waals surface area (Å²) in [4.78, 5) is 11.9. The van der Waals surface area contributed by atoms with Crippen LogP contribution in [-0.2, 0) is 34.5 Å². The molecule has 0 aliphatic carbocycles. The van der Waals surface area contributed by atoms with Crippen molar-refractivity contribution in [2.75, 3.05) is 18.6 Å². The summed E-state index contributed by atoms with van der Waals surface area (Å²) >= 11 is 1.60. The maximum atomic E-state index is 11.9. The lowest BCUT2D eigenvalue weighted by atomic mass is 10.3. The number of nitrogens with zero attached hydrogens (tertiary/aromatic N) is 3. The molecule has 1 aliphatic rings. The van der Waals surface area contributed by atoms with Gasteiger partial charge in [-0.3, -0.25) is 9.48 Å². The highest BCUT2D eigenvalue weighted by atomic mass is 32.2. The van der Waals surface area contributed by atoms with Crippen LogP contribution in [0, 0.1) is 0 Å². The van der Waals surface area contributed by atoms with Gasteiger partial charge in [0.05, 0.1) is 36.0 Å². The van der Waals surface area contributed by atoms with E-state index in [1.807, 2.05) is 24.6 Å². The number of nitrogens with one attached hydrogen (secondary N) is 1. The summed E-state index contributed by atoms with van der Waals surface area (Å²) in [6.45, 7) is 5.82. The average molecular weight is 361 g/mol. The molecule has 9 heteroatoms. The highest BCUT2D eigenvalue weighted by Crippen LogP contribution is 2.16. The van der Waals surface area contributed by atoms with Crippen LogP contribution in [0.2, 0.25) is 0 Å². The number of carbonyl (C=O) groups excluding carboxylic acids is 1. The van der Waals surface area contributed by atoms with Crippen LogP contribution in [0.3, 0.4) is 0 Å². The molecular formula is C14H24N4O3S2. The number of sulfonamides is 1. The summed E-state index contributed by atoms with van der Waals surface area (Å²) in [6, 6.07) is 1.88. The van der Waals surface area contributed by atoms with E-state index >= 15 is 0 Å². The van der Waals surface area contributed by atoms with Gasteiger partial charge in [0.15, 0.2) is 0 Å². The zero-order chi connectivity index (χ0) is 17.0. The molecule has 23 heavy (non-hydrogen) atoms. The van der Waals surface area contributed by atoms with Gasteiger partial charge in [-0.15, -0.1) is 11.8 Å². The molecule has 0 bridgehead atoms. The smallest absolute Gasteiger partial charge is 0.233 e. The van der Waals surface area contributed by atoms with Crippen molar-refractivity contribution in [2.24, 2.45) is 0 Å². The van der Waals surface area contributed by atoms with Crippen molar-refractivity contribution < 1.29 is 13.2 Å². The Balaban J connectivity index is 2.01. The first-order chi connectivity index (χ1) is 10.8. The molecular weight excluding hydrogens is 336 g/mol. The average Bonchev–Trinajstić information content (AvgIpc) is 2.74. The molecule has 0 fully saturated rings. The van der Waals surface area contributed by atoms with Crippen LogP contribution in [0.25, 0.3) is 0 Å². The standard InChI is InChI=1S/C14H24N4O3S2/c1-4-22-11(2)14(19)15-9-12-8-13-10-17(23(3,20)21)6-5-7-18(13)16-12/h8,11H,4-7,9-10H2,1-3H3,(H,15,19)/t11-/m1/s1. The zero-order valence-corrected chi connectivity index (χ0v) is 15.4. The van der Waals surface area contributed by atoms with Crippen molar-refractivity contribution in [3.05, 3.63) is 17.5 Å². The number of aryl methyl sites for hydroxylation is 1. The molecule has 2 rings (SSSR count). The molecule has 1 aromatic heterocycles. The third-order valence-electron chi connectivity index (χ3n) is 3.73. The Morgan fingerprint density at radius 3 is 2.87 bits per heavy atom. The van der Waals surface area contributed by atoms with E-state index in [0.29, 0.717) is 26.2 Å². The molecule has 1 N–H and O–H groups in total. The maximum absolute atomic E-state index is 11.9. The summed E-state index contributed by atoms with van der Waals surface area (Å²) in [7, 11) is -3.21. The Labute approximate surface area is 141 Å². The minimum Gasteiger partial charge on any atom is -0.349 e. The Morgan fingerprint density at radius 2 is 2.22 bits per heavy atom. The van der Waals surface area contributed by atoms with Gasteiger partial charge in [0.25, 0.3) is 0 Å². The number of amides is 1. The van der Waals surface area contributed by atoms with Gasteiger partial charge >= 0.3 is 0 Å². The van der Waals surface area contributed by atoms with Crippen LogP contribution in [0.4, 0.5) is 0 Å². The van der Waals surface area contributed by atoms with E-state index < -0.39 is 10.0 Å². The molecule has 0 spiro atoms. The van der Waals surface area contributed by atoms with Gasteiger partial charge < -0.3 is 5.32 Å². The van der Waals surface area contributed by atoms with E-state index in [0.717, 1.165) is 23.6 Å². The van der Waals surface area contributed by atoms with Gasteiger partial charge in [0.1, 0.15) is 0 Å². The predicted molar refractivity (Wildman–Crippen MR) is 91.5 cm³/mol. The summed E-state index contributed by atoms with van der Waals surface area (Å²) in [6.07, 6.45) is 1.96. The summed E-state index contributed by atoms with van der Waals surface area (Å²) < 4.78 is 26.8. The van der Waals surface area contributed by atoms with Gasteiger partial charge in [0.2, 0.25) is 15.9 Å². The molecule has 2 heterocycles. The van der Waals surface area contributed by atoms with E-state index in [9.17, 15) is 13.2 Å². The highest BCUT2D eigenvalue weighted by Gasteiger charge is 2.23. The molecule has 1 amide bonds. The van der Waals surface area contributed by atoms with Gasteiger partial charge in [-0.05, 0) is 25.2 Å². The van der Waals surface area contributed by atoms with E-state index in [2.05, 4.69) is 10.4 Å². The second-order valence-electron chi connectivity index (χ2n) is 5.62. The quantitative estimate of drug-likeness (QED) is 0.811. The minimum absolute atomic E-state index is 0.00203. The van der Waals surface area contributed by atoms with Crippen LogP contribution in [0.1, 0.15) is 31.7 Å². The maximum Gasteiger partial charge on any atom is 0.233 e. The van der Waals surface area contributed by atoms with Gasteiger partial charge in [-0.25, -0.2) is 8.42 Å². The fourth-order valence-electron chi connectivity index (χ4n) is 2.51. The predicted octanol–water partition coefficient (Wildman–Crippen LogP) is 0.806. The molecule has 0 aromatic carbocycles. The van der Waals surface area contributed by atoms with E-state index in [4.69, 9.17) is 0 Å². The monoisotopic (exact) mass is 360 g/mol. The number of aromatic nitrogens is 2. The number of carbonyl (C=O) groups is 1. The Bertz CT molecular complexity index is 657. The lowest BCUT2D eigenvalue weighted by Crippen LogP contribution is -2.30. The molecule has 1 aromatic rings. The lowest BCUT2D eigenvalue weighted by molar-refractivity contribution is -0.120. The largest absolute Gasteiger partial charge is 0.349 e. The van der Waals surface area contributed by atoms with Gasteiger partial charge in [-0.1, -0.05) is 6.92 Å². The minimum atomic E-state index is -3.21. The Kier molecular flexibility index (Phi) is 6.10. The second-order valence-corrected chi connectivity index (χ2v) is 9.22. The fraction of sp³-hybridized carbons (Fsp3) is 0.714. The fourth-order valence-corrected chi connectivity index (χ4v) is 4.07. The summed E-state index contributed by atoms with van der Waals surface area (Å²) in [5.41, 5.74) is 1.63. The van der Waals surface area contributed by atoms with Crippen molar-refractivity contribution in [3.63, 3.8) is 0 Å². The van der Waals surface area contributed by atoms with Crippen LogP contribution < -0.4 is 5.32 Å². The molecule has 7 nitrogen and oxygen atoms in total. The summed E-state index contributed by atoms with van der Waals surface area (Å²) in [5.74, 6) is 0.895. The number of hydrogen-bond donors (Lipinski definition) is 1. The Morgan fingerprint density at radius 1 is 1.48 bits per heavy atom. The van der Waals surface area contributed by atoms with Crippen LogP contribution in [0.15, 0.2) is 6.07 Å². The van der Waals surface area contributed by atoms with Crippen molar-refractivity contribution in [1.82, 2.24) is 19.4 Å². The van der Waals surface area contributed by atoms with Crippen molar-refractivity contribution >= 4 is 27.7 Å². The third-order valence-corrected chi connectivity index (χ3v) is 6.03. The molecule has 130 valence electrons. The van der Waals surface area contributed by atoms with Crippen LogP contribution in [-0.4, -0.2) is 52.2 Å². The molecule has 1 aliphatic heterocycles. The van der Waals surface area contributed by atoms with E-state index in [1.54, 1.807) is 11.8 Å². The van der Waals surface area contributed by atoms with Crippen LogP contribution >= 0.6 is 11.8 Å². The first kappa shape index (κ1) is 18.3. The van der Waals surface area contributed by atoms with Gasteiger partial charge in [-0.2, -0.15) is 9.40 Å². The van der Waals surface area contributed by atoms with Gasteiger partial charge in [0, 0.05) is 13.1 Å². The summed E-state index contributed by atoms with van der Waals surface area (Å²) in [5, 5.41) is 7.28. The first-order valence-corrected chi connectivity index (χ1v) is 10.6. The highest BCUT2D eigenvalue weighted by molar-refractivity contribution is 8.00. The first-order valence-electron chi connectivity index (χ1n) is 7.71. The zero-order valence-electron chi connectivity index (χ0n) is 13.8. The number of hydrogen-bond acceptors (Lipinski definition) is 5. The topological polar surface area (TPSA) is 84.3 Å². The number of thioether (sulfide) groups is 1. The van der Waals surface area contributed by atoms with E-state index in [1.165, 1.54) is 10.6 Å². The number of rotatable bonds is 6. The van der Waals surface area contributed by atoms with Crippen molar-refractivity contribution in [2.45, 2.75) is 45.2 Å². The van der Waals surface area contributed by atoms with E-state index in [-0.39, 0.29) is 11.2 Å². The normalized spacial score (nSPS) is 17.3. The SMILES string of the molecule is CCS[C@H](C)C(=O)NCc1cc2n(n1)CCCN(S(C)(=O)=O)C2. The number of fused-ring (bicyclic) bond motifs is 1. The Hall–Kier alpha value is -1.06. The van der Waals surface area contributed by atoms with Crippen molar-refractivity contribution in [3.8, 4) is 0 Å². The lowest BCUT2D eigenvalue weighted by Gasteiger charge is -2.16. The molecule has 0 saturated heterocycles. The molecule has 1 atom stereocenters. The van der Waals surface area contributed by atoms with Crippen LogP contribution in [0.5, 0.6) is 0 Å².